The lowest BCUT2D eigenvalue weighted by Crippen LogP contribution is -2.46. The van der Waals surface area contributed by atoms with Gasteiger partial charge in [-0.2, -0.15) is 0 Å². The van der Waals surface area contributed by atoms with Crippen LogP contribution in [0.25, 0.3) is 0 Å². The molecule has 2 aromatic rings. The minimum Gasteiger partial charge on any atom is -0.392 e. The predicted molar refractivity (Wildman–Crippen MR) is 94.2 cm³/mol. The summed E-state index contributed by atoms with van der Waals surface area (Å²) < 4.78 is 0. The van der Waals surface area contributed by atoms with Crippen molar-refractivity contribution in [2.75, 3.05) is 6.54 Å². The van der Waals surface area contributed by atoms with Crippen LogP contribution >= 0.6 is 0 Å². The first-order valence-corrected chi connectivity index (χ1v) is 8.45. The largest absolute Gasteiger partial charge is 0.392 e. The van der Waals surface area contributed by atoms with Gasteiger partial charge >= 0.3 is 0 Å². The van der Waals surface area contributed by atoms with Crippen molar-refractivity contribution in [1.82, 2.24) is 10.2 Å². The maximum Gasteiger partial charge on any atom is 0.237 e. The summed E-state index contributed by atoms with van der Waals surface area (Å²) in [6.07, 6.45) is 0.987. The highest BCUT2D eigenvalue weighted by molar-refractivity contribution is 5.81. The number of amides is 1. The van der Waals surface area contributed by atoms with Crippen LogP contribution in [0.15, 0.2) is 48.5 Å². The van der Waals surface area contributed by atoms with Gasteiger partial charge in [0.2, 0.25) is 5.91 Å². The van der Waals surface area contributed by atoms with Crippen LogP contribution in [0, 0.1) is 0 Å². The normalized spacial score (nSPS) is 15.6. The minimum absolute atomic E-state index is 0.00942. The molecule has 0 aromatic heterocycles. The van der Waals surface area contributed by atoms with Crippen LogP contribution in [0.1, 0.15) is 29.2 Å². The minimum atomic E-state index is -0.167. The van der Waals surface area contributed by atoms with E-state index in [-0.39, 0.29) is 18.6 Å². The van der Waals surface area contributed by atoms with Gasteiger partial charge in [0.1, 0.15) is 0 Å². The zero-order chi connectivity index (χ0) is 16.9. The number of rotatable bonds is 5. The second-order valence-electron chi connectivity index (χ2n) is 6.31. The smallest absolute Gasteiger partial charge is 0.237 e. The fourth-order valence-corrected chi connectivity index (χ4v) is 3.23. The average Bonchev–Trinajstić information content (AvgIpc) is 2.65. The van der Waals surface area contributed by atoms with E-state index in [9.17, 15) is 9.90 Å². The number of carbonyl (C=O) groups excluding carboxylic acids is 1. The predicted octanol–water partition coefficient (Wildman–Crippen LogP) is 2.24. The fourth-order valence-electron chi connectivity index (χ4n) is 3.23. The Morgan fingerprint density at radius 3 is 2.54 bits per heavy atom. The lowest BCUT2D eigenvalue weighted by molar-refractivity contribution is -0.126. The van der Waals surface area contributed by atoms with E-state index in [1.54, 1.807) is 0 Å². The Bertz CT molecular complexity index is 714. The highest BCUT2D eigenvalue weighted by Crippen LogP contribution is 2.20. The first kappa shape index (κ1) is 16.7. The Morgan fingerprint density at radius 2 is 1.79 bits per heavy atom. The molecule has 0 radical (unpaired) electrons. The number of nitrogens with one attached hydrogen (secondary N) is 1. The summed E-state index contributed by atoms with van der Waals surface area (Å²) in [5.74, 6) is 0.0297. The van der Waals surface area contributed by atoms with E-state index in [4.69, 9.17) is 0 Å². The molecule has 0 saturated heterocycles. The summed E-state index contributed by atoms with van der Waals surface area (Å²) in [4.78, 5) is 14.7. The molecule has 0 spiro atoms. The first-order chi connectivity index (χ1) is 11.7. The molecule has 0 saturated carbocycles. The van der Waals surface area contributed by atoms with Gasteiger partial charge in [-0.3, -0.25) is 9.69 Å². The van der Waals surface area contributed by atoms with Crippen LogP contribution in [0.4, 0.5) is 0 Å². The van der Waals surface area contributed by atoms with E-state index in [0.29, 0.717) is 6.54 Å². The van der Waals surface area contributed by atoms with Crippen molar-refractivity contribution in [3.05, 3.63) is 70.8 Å². The number of carbonyl (C=O) groups is 1. The van der Waals surface area contributed by atoms with Gasteiger partial charge in [-0.05, 0) is 35.6 Å². The van der Waals surface area contributed by atoms with Crippen molar-refractivity contribution in [1.29, 1.82) is 0 Å². The number of hydrogen-bond donors (Lipinski definition) is 2. The lowest BCUT2D eigenvalue weighted by atomic mass is 9.98. The second kappa shape index (κ2) is 7.60. The molecule has 0 fully saturated rings. The number of benzene rings is 2. The van der Waals surface area contributed by atoms with Crippen LogP contribution in [-0.2, 0) is 30.9 Å². The van der Waals surface area contributed by atoms with Gasteiger partial charge in [-0.1, -0.05) is 48.5 Å². The highest BCUT2D eigenvalue weighted by Gasteiger charge is 2.25. The monoisotopic (exact) mass is 324 g/mol. The van der Waals surface area contributed by atoms with Crippen molar-refractivity contribution in [3.8, 4) is 0 Å². The Hall–Kier alpha value is -2.17. The number of aliphatic hydroxyl groups excluding tert-OH is 1. The Labute approximate surface area is 143 Å². The molecule has 2 N–H and O–H groups in total. The summed E-state index contributed by atoms with van der Waals surface area (Å²) in [5.41, 5.74) is 4.52. The molecule has 1 heterocycles. The van der Waals surface area contributed by atoms with Gasteiger partial charge < -0.3 is 10.4 Å². The van der Waals surface area contributed by atoms with Crippen molar-refractivity contribution < 1.29 is 9.90 Å². The quantitative estimate of drug-likeness (QED) is 0.887. The molecule has 24 heavy (non-hydrogen) atoms. The Balaban J connectivity index is 1.59. The fraction of sp³-hybridized carbons (Fsp3) is 0.350. The van der Waals surface area contributed by atoms with Crippen LogP contribution < -0.4 is 5.32 Å². The topological polar surface area (TPSA) is 52.6 Å². The zero-order valence-electron chi connectivity index (χ0n) is 14.0. The third-order valence-electron chi connectivity index (χ3n) is 4.83. The van der Waals surface area contributed by atoms with E-state index >= 15 is 0 Å². The van der Waals surface area contributed by atoms with Gasteiger partial charge in [0.15, 0.2) is 0 Å². The SMILES string of the molecule is CC(C(=O)NCc1ccccc1CO)N1CCc2ccccc2C1. The zero-order valence-corrected chi connectivity index (χ0v) is 14.0. The number of nitrogens with zero attached hydrogens (tertiary/aromatic N) is 1. The number of fused-ring (bicyclic) bond motifs is 1. The van der Waals surface area contributed by atoms with E-state index in [2.05, 4.69) is 34.5 Å². The number of aliphatic hydroxyl groups is 1. The molecule has 3 rings (SSSR count). The number of hydrogen-bond acceptors (Lipinski definition) is 3. The summed E-state index contributed by atoms with van der Waals surface area (Å²) in [7, 11) is 0. The maximum atomic E-state index is 12.5. The van der Waals surface area contributed by atoms with E-state index in [0.717, 1.165) is 30.6 Å². The maximum absolute atomic E-state index is 12.5. The van der Waals surface area contributed by atoms with Crippen molar-refractivity contribution in [2.45, 2.75) is 39.1 Å². The van der Waals surface area contributed by atoms with Gasteiger partial charge in [-0.15, -0.1) is 0 Å². The summed E-state index contributed by atoms with van der Waals surface area (Å²) >= 11 is 0. The van der Waals surface area contributed by atoms with Crippen LogP contribution in [0.3, 0.4) is 0 Å². The molecule has 126 valence electrons. The average molecular weight is 324 g/mol. The summed E-state index contributed by atoms with van der Waals surface area (Å²) in [6, 6.07) is 15.9. The molecule has 4 heteroatoms. The van der Waals surface area contributed by atoms with E-state index in [1.807, 2.05) is 31.2 Å². The Morgan fingerprint density at radius 1 is 1.12 bits per heavy atom. The Kier molecular flexibility index (Phi) is 5.28. The van der Waals surface area contributed by atoms with Crippen molar-refractivity contribution in [3.63, 3.8) is 0 Å². The molecule has 1 aliphatic heterocycles. The molecule has 1 aliphatic rings. The highest BCUT2D eigenvalue weighted by atomic mass is 16.3. The van der Waals surface area contributed by atoms with Gasteiger partial charge in [0, 0.05) is 19.6 Å². The lowest BCUT2D eigenvalue weighted by Gasteiger charge is -2.32. The standard InChI is InChI=1S/C20H24N2O2/c1-15(22-11-10-16-6-2-4-8-18(16)13-22)20(24)21-12-17-7-3-5-9-19(17)14-23/h2-9,15,23H,10-14H2,1H3,(H,21,24). The van der Waals surface area contributed by atoms with Crippen molar-refractivity contribution in [2.24, 2.45) is 0 Å². The van der Waals surface area contributed by atoms with Crippen LogP contribution in [-0.4, -0.2) is 28.5 Å². The molecular formula is C20H24N2O2. The van der Waals surface area contributed by atoms with E-state index < -0.39 is 0 Å². The van der Waals surface area contributed by atoms with Crippen LogP contribution in [0.2, 0.25) is 0 Å². The molecule has 1 amide bonds. The summed E-state index contributed by atoms with van der Waals surface area (Å²) in [6.45, 7) is 4.12. The third-order valence-corrected chi connectivity index (χ3v) is 4.83. The van der Waals surface area contributed by atoms with E-state index in [1.165, 1.54) is 11.1 Å². The molecule has 2 aromatic carbocycles. The van der Waals surface area contributed by atoms with Gasteiger partial charge in [0.25, 0.3) is 0 Å². The summed E-state index contributed by atoms with van der Waals surface area (Å²) in [5, 5.41) is 12.4. The van der Waals surface area contributed by atoms with Gasteiger partial charge in [0.05, 0.1) is 12.6 Å². The molecule has 1 unspecified atom stereocenters. The van der Waals surface area contributed by atoms with Crippen molar-refractivity contribution >= 4 is 5.91 Å². The van der Waals surface area contributed by atoms with Gasteiger partial charge in [-0.25, -0.2) is 0 Å². The molecule has 0 bridgehead atoms. The molecular weight excluding hydrogens is 300 g/mol. The molecule has 4 nitrogen and oxygen atoms in total. The molecule has 1 atom stereocenters. The first-order valence-electron chi connectivity index (χ1n) is 8.45. The molecule has 0 aliphatic carbocycles. The second-order valence-corrected chi connectivity index (χ2v) is 6.31. The third kappa shape index (κ3) is 3.66. The van der Waals surface area contributed by atoms with Crippen LogP contribution in [0.5, 0.6) is 0 Å².